The molecular weight excluding hydrogens is 482 g/mol. The average molecular weight is 506 g/mol. The molecule has 2 aromatic carbocycles. The summed E-state index contributed by atoms with van der Waals surface area (Å²) in [5.41, 5.74) is 3.63. The van der Waals surface area contributed by atoms with Crippen molar-refractivity contribution in [2.45, 2.75) is 6.42 Å². The summed E-state index contributed by atoms with van der Waals surface area (Å²) >= 11 is 8.37. The second kappa shape index (κ2) is 9.11. The van der Waals surface area contributed by atoms with Crippen molar-refractivity contribution in [1.82, 2.24) is 24.6 Å². The van der Waals surface area contributed by atoms with E-state index in [1.165, 1.54) is 16.8 Å². The molecule has 0 spiro atoms. The lowest BCUT2D eigenvalue weighted by Gasteiger charge is -2.32. The van der Waals surface area contributed by atoms with E-state index < -0.39 is 0 Å². The smallest absolute Gasteiger partial charge is 0.253 e. The molecule has 2 aliphatic rings. The number of carbonyl (C=O) groups is 1. The number of piperazine rings is 1. The van der Waals surface area contributed by atoms with Crippen LogP contribution < -0.4 is 4.74 Å². The highest BCUT2D eigenvalue weighted by Gasteiger charge is 2.24. The number of amides is 1. The van der Waals surface area contributed by atoms with Gasteiger partial charge in [0.1, 0.15) is 12.1 Å². The van der Waals surface area contributed by atoms with Crippen LogP contribution in [0.2, 0.25) is 5.02 Å². The lowest BCUT2D eigenvalue weighted by Crippen LogP contribution is -2.47. The normalized spacial score (nSPS) is 15.8. The first-order chi connectivity index (χ1) is 17.1. The van der Waals surface area contributed by atoms with Crippen molar-refractivity contribution < 1.29 is 9.53 Å². The zero-order valence-electron chi connectivity index (χ0n) is 19.3. The van der Waals surface area contributed by atoms with Crippen molar-refractivity contribution in [3.8, 4) is 32.6 Å². The second-order valence-corrected chi connectivity index (χ2v) is 10.3. The van der Waals surface area contributed by atoms with Crippen LogP contribution in [0.15, 0.2) is 54.9 Å². The number of hydrogen-bond donors (Lipinski definition) is 0. The Kier molecular flexibility index (Phi) is 5.80. The van der Waals surface area contributed by atoms with E-state index in [0.717, 1.165) is 54.6 Å². The van der Waals surface area contributed by atoms with E-state index in [0.29, 0.717) is 22.9 Å². The van der Waals surface area contributed by atoms with Crippen LogP contribution in [0.25, 0.3) is 26.8 Å². The summed E-state index contributed by atoms with van der Waals surface area (Å²) in [5.74, 6) is 1.64. The van der Waals surface area contributed by atoms with Crippen LogP contribution in [-0.4, -0.2) is 70.3 Å². The number of benzene rings is 2. The van der Waals surface area contributed by atoms with E-state index in [1.54, 1.807) is 22.1 Å². The Hall–Kier alpha value is -3.20. The summed E-state index contributed by atoms with van der Waals surface area (Å²) in [6, 6.07) is 15.7. The lowest BCUT2D eigenvalue weighted by molar-refractivity contribution is 0.0664. The molecule has 1 fully saturated rings. The maximum Gasteiger partial charge on any atom is 0.253 e. The van der Waals surface area contributed by atoms with Crippen LogP contribution in [0, 0.1) is 0 Å². The van der Waals surface area contributed by atoms with Gasteiger partial charge < -0.3 is 14.5 Å². The summed E-state index contributed by atoms with van der Waals surface area (Å²) in [6.07, 6.45) is 2.37. The highest BCUT2D eigenvalue weighted by molar-refractivity contribution is 7.19. The van der Waals surface area contributed by atoms with Crippen molar-refractivity contribution in [2.75, 3.05) is 39.8 Å². The van der Waals surface area contributed by atoms with Gasteiger partial charge in [-0.2, -0.15) is 5.10 Å². The number of rotatable bonds is 3. The van der Waals surface area contributed by atoms with E-state index in [4.69, 9.17) is 16.3 Å². The van der Waals surface area contributed by atoms with Gasteiger partial charge in [0.15, 0.2) is 5.82 Å². The standard InChI is InChI=1S/C26H24ClN5O2S/c1-30-9-11-31(12-10-30)26(33)18-6-7-21(20(27)14-18)32-25(28-16-29-32)23-15-17-8-13-34-22-5-3-2-4-19(22)24(17)35-23/h2-7,14-16H,8-13H2,1H3. The summed E-state index contributed by atoms with van der Waals surface area (Å²) in [5, 5.41) is 4.93. The Morgan fingerprint density at radius 2 is 1.91 bits per heavy atom. The van der Waals surface area contributed by atoms with Gasteiger partial charge in [-0.3, -0.25) is 4.79 Å². The maximum absolute atomic E-state index is 13.0. The van der Waals surface area contributed by atoms with E-state index in [2.05, 4.69) is 34.2 Å². The van der Waals surface area contributed by atoms with Crippen molar-refractivity contribution in [2.24, 2.45) is 0 Å². The van der Waals surface area contributed by atoms with Gasteiger partial charge in [0, 0.05) is 48.6 Å². The summed E-state index contributed by atoms with van der Waals surface area (Å²) in [7, 11) is 2.07. The van der Waals surface area contributed by atoms with Gasteiger partial charge >= 0.3 is 0 Å². The number of halogens is 1. The molecule has 0 bridgehead atoms. The number of thiophene rings is 1. The summed E-state index contributed by atoms with van der Waals surface area (Å²) in [6.45, 7) is 3.84. The van der Waals surface area contributed by atoms with Gasteiger partial charge in [-0.1, -0.05) is 23.7 Å². The van der Waals surface area contributed by atoms with Gasteiger partial charge in [0.2, 0.25) is 0 Å². The summed E-state index contributed by atoms with van der Waals surface area (Å²) < 4.78 is 7.68. The fourth-order valence-corrected chi connectivity index (χ4v) is 6.08. The Morgan fingerprint density at radius 1 is 1.09 bits per heavy atom. The number of likely N-dealkylation sites (N-methyl/N-ethyl adjacent to an activating group) is 1. The topological polar surface area (TPSA) is 63.5 Å². The molecule has 1 amide bonds. The number of hydrogen-bond acceptors (Lipinski definition) is 6. The number of nitrogens with zero attached hydrogens (tertiary/aromatic N) is 5. The second-order valence-electron chi connectivity index (χ2n) is 8.82. The average Bonchev–Trinajstić information content (AvgIpc) is 3.48. The van der Waals surface area contributed by atoms with E-state index >= 15 is 0 Å². The van der Waals surface area contributed by atoms with Crippen molar-refractivity contribution in [3.05, 3.63) is 71.0 Å². The van der Waals surface area contributed by atoms with Crippen LogP contribution in [0.4, 0.5) is 0 Å². The molecule has 0 saturated carbocycles. The molecule has 7 nitrogen and oxygen atoms in total. The highest BCUT2D eigenvalue weighted by Crippen LogP contribution is 2.43. The Morgan fingerprint density at radius 3 is 2.74 bits per heavy atom. The van der Waals surface area contributed by atoms with E-state index in [1.807, 2.05) is 35.2 Å². The molecule has 35 heavy (non-hydrogen) atoms. The van der Waals surface area contributed by atoms with Gasteiger partial charge in [-0.15, -0.1) is 11.3 Å². The number of ether oxygens (including phenoxy) is 1. The predicted molar refractivity (Wildman–Crippen MR) is 138 cm³/mol. The van der Waals surface area contributed by atoms with E-state index in [9.17, 15) is 4.79 Å². The Bertz CT molecular complexity index is 1410. The quantitative estimate of drug-likeness (QED) is 0.406. The Balaban J connectivity index is 1.32. The highest BCUT2D eigenvalue weighted by atomic mass is 35.5. The van der Waals surface area contributed by atoms with Gasteiger partial charge in [0.25, 0.3) is 5.91 Å². The Labute approximate surface area is 212 Å². The zero-order chi connectivity index (χ0) is 23.9. The third kappa shape index (κ3) is 4.11. The van der Waals surface area contributed by atoms with Gasteiger partial charge in [-0.05, 0) is 49.0 Å². The molecule has 4 aromatic rings. The molecule has 2 aromatic heterocycles. The molecule has 0 N–H and O–H groups in total. The molecule has 2 aliphatic heterocycles. The zero-order valence-corrected chi connectivity index (χ0v) is 20.8. The minimum atomic E-state index is 0.00763. The third-order valence-electron chi connectivity index (χ3n) is 6.55. The lowest BCUT2D eigenvalue weighted by atomic mass is 10.1. The maximum atomic E-state index is 13.0. The van der Waals surface area contributed by atoms with Crippen LogP contribution in [0.3, 0.4) is 0 Å². The first-order valence-corrected chi connectivity index (χ1v) is 12.8. The van der Waals surface area contributed by atoms with Crippen molar-refractivity contribution in [1.29, 1.82) is 0 Å². The third-order valence-corrected chi connectivity index (χ3v) is 8.06. The van der Waals surface area contributed by atoms with Gasteiger partial charge in [0.05, 0.1) is 22.2 Å². The molecule has 0 unspecified atom stereocenters. The summed E-state index contributed by atoms with van der Waals surface area (Å²) in [4.78, 5) is 23.9. The van der Waals surface area contributed by atoms with Crippen molar-refractivity contribution in [3.63, 3.8) is 0 Å². The molecule has 0 atom stereocenters. The SMILES string of the molecule is CN1CCN(C(=O)c2ccc(-n3ncnc3-c3cc4c(s3)-c3ccccc3OCC4)c(Cl)c2)CC1. The predicted octanol–water partition coefficient (Wildman–Crippen LogP) is 4.64. The van der Waals surface area contributed by atoms with Crippen LogP contribution in [-0.2, 0) is 6.42 Å². The van der Waals surface area contributed by atoms with Crippen molar-refractivity contribution >= 4 is 28.8 Å². The van der Waals surface area contributed by atoms with Gasteiger partial charge in [-0.25, -0.2) is 9.67 Å². The largest absolute Gasteiger partial charge is 0.493 e. The molecular formula is C26H24ClN5O2S. The molecule has 0 radical (unpaired) electrons. The minimum absolute atomic E-state index is 0.00763. The first kappa shape index (κ1) is 22.3. The minimum Gasteiger partial charge on any atom is -0.493 e. The van der Waals surface area contributed by atoms with Crippen LogP contribution in [0.5, 0.6) is 5.75 Å². The first-order valence-electron chi connectivity index (χ1n) is 11.6. The fourth-order valence-electron chi connectivity index (χ4n) is 4.59. The molecule has 0 aliphatic carbocycles. The number of fused-ring (bicyclic) bond motifs is 3. The molecule has 4 heterocycles. The molecule has 6 rings (SSSR count). The molecule has 9 heteroatoms. The van der Waals surface area contributed by atoms with Crippen LogP contribution in [0.1, 0.15) is 15.9 Å². The monoisotopic (exact) mass is 505 g/mol. The number of carbonyl (C=O) groups excluding carboxylic acids is 1. The molecule has 178 valence electrons. The van der Waals surface area contributed by atoms with Crippen LogP contribution >= 0.6 is 22.9 Å². The number of aromatic nitrogens is 3. The van der Waals surface area contributed by atoms with E-state index in [-0.39, 0.29) is 5.91 Å². The molecule has 1 saturated heterocycles. The fraction of sp³-hybridized carbons (Fsp3) is 0.269. The number of para-hydroxylation sites is 1.